The van der Waals surface area contributed by atoms with Crippen LogP contribution in [-0.4, -0.2) is 32.5 Å². The number of nitrogens with zero attached hydrogens (tertiary/aromatic N) is 3. The van der Waals surface area contributed by atoms with Crippen LogP contribution < -0.4 is 5.32 Å². The lowest BCUT2D eigenvalue weighted by Gasteiger charge is -2.13. The van der Waals surface area contributed by atoms with Crippen LogP contribution in [0, 0.1) is 0 Å². The smallest absolute Gasteiger partial charge is 0.233 e. The normalized spacial score (nSPS) is 11.9. The number of benzene rings is 1. The Balaban J connectivity index is 1.77. The number of thioether (sulfide) groups is 1. The van der Waals surface area contributed by atoms with Crippen LogP contribution in [0.2, 0.25) is 0 Å². The molecule has 7 heteroatoms. The van der Waals surface area contributed by atoms with Gasteiger partial charge in [0.1, 0.15) is 5.82 Å². The van der Waals surface area contributed by atoms with E-state index in [4.69, 9.17) is 0 Å². The summed E-state index contributed by atoms with van der Waals surface area (Å²) in [4.78, 5) is 13.5. The SMILES string of the molecule is C=CCNC(=O)C(C)Sc1nnc(Cc2cccs2)n1CCc1ccccc1. The molecular weight excluding hydrogens is 388 g/mol. The van der Waals surface area contributed by atoms with Crippen LogP contribution in [0.3, 0.4) is 0 Å². The third-order valence-corrected chi connectivity index (χ3v) is 6.20. The van der Waals surface area contributed by atoms with Crippen LogP contribution in [0.1, 0.15) is 23.2 Å². The molecule has 0 radical (unpaired) electrons. The number of thiophene rings is 1. The maximum atomic E-state index is 12.2. The Morgan fingerprint density at radius 2 is 2.11 bits per heavy atom. The number of rotatable bonds is 10. The van der Waals surface area contributed by atoms with Gasteiger partial charge in [-0.05, 0) is 30.4 Å². The molecule has 0 aliphatic carbocycles. The second-order valence-electron chi connectivity index (χ2n) is 6.34. The van der Waals surface area contributed by atoms with Crippen molar-refractivity contribution in [1.82, 2.24) is 20.1 Å². The molecule has 0 saturated carbocycles. The topological polar surface area (TPSA) is 59.8 Å². The number of nitrogens with one attached hydrogen (secondary N) is 1. The lowest BCUT2D eigenvalue weighted by molar-refractivity contribution is -0.120. The second-order valence-corrected chi connectivity index (χ2v) is 8.68. The molecule has 3 rings (SSSR count). The van der Waals surface area contributed by atoms with Crippen molar-refractivity contribution >= 4 is 29.0 Å². The molecule has 146 valence electrons. The minimum Gasteiger partial charge on any atom is -0.352 e. The molecule has 0 aliphatic rings. The molecule has 1 aromatic carbocycles. The summed E-state index contributed by atoms with van der Waals surface area (Å²) in [6.07, 6.45) is 3.31. The first kappa shape index (κ1) is 20.4. The lowest BCUT2D eigenvalue weighted by atomic mass is 10.1. The third kappa shape index (κ3) is 5.56. The van der Waals surface area contributed by atoms with E-state index in [1.165, 1.54) is 22.2 Å². The maximum Gasteiger partial charge on any atom is 0.233 e. The van der Waals surface area contributed by atoms with Crippen LogP contribution in [-0.2, 0) is 24.2 Å². The van der Waals surface area contributed by atoms with Crippen molar-refractivity contribution in [2.75, 3.05) is 6.54 Å². The first-order valence-electron chi connectivity index (χ1n) is 9.21. The number of hydrogen-bond donors (Lipinski definition) is 1. The molecule has 5 nitrogen and oxygen atoms in total. The Morgan fingerprint density at radius 3 is 2.82 bits per heavy atom. The van der Waals surface area contributed by atoms with Crippen molar-refractivity contribution in [1.29, 1.82) is 0 Å². The number of carbonyl (C=O) groups is 1. The summed E-state index contributed by atoms with van der Waals surface area (Å²) in [5, 5.41) is 14.3. The van der Waals surface area contributed by atoms with Crippen molar-refractivity contribution in [3.05, 3.63) is 76.8 Å². The van der Waals surface area contributed by atoms with Gasteiger partial charge in [0.2, 0.25) is 5.91 Å². The van der Waals surface area contributed by atoms with Crippen molar-refractivity contribution in [2.24, 2.45) is 0 Å². The highest BCUT2D eigenvalue weighted by atomic mass is 32.2. The number of aryl methyl sites for hydroxylation is 1. The van der Waals surface area contributed by atoms with Crippen LogP contribution in [0.15, 0.2) is 65.7 Å². The van der Waals surface area contributed by atoms with E-state index in [2.05, 4.69) is 62.4 Å². The van der Waals surface area contributed by atoms with Crippen molar-refractivity contribution < 1.29 is 4.79 Å². The van der Waals surface area contributed by atoms with Gasteiger partial charge in [0.25, 0.3) is 0 Å². The van der Waals surface area contributed by atoms with Gasteiger partial charge < -0.3 is 9.88 Å². The van der Waals surface area contributed by atoms with Crippen LogP contribution >= 0.6 is 23.1 Å². The average molecular weight is 413 g/mol. The summed E-state index contributed by atoms with van der Waals surface area (Å²) < 4.78 is 2.15. The zero-order valence-corrected chi connectivity index (χ0v) is 17.5. The predicted octanol–water partition coefficient (Wildman–Crippen LogP) is 3.96. The maximum absolute atomic E-state index is 12.2. The first-order valence-corrected chi connectivity index (χ1v) is 11.0. The van der Waals surface area contributed by atoms with Gasteiger partial charge in [-0.3, -0.25) is 4.79 Å². The molecule has 0 bridgehead atoms. The summed E-state index contributed by atoms with van der Waals surface area (Å²) >= 11 is 3.16. The van der Waals surface area contributed by atoms with Gasteiger partial charge in [-0.2, -0.15) is 0 Å². The monoisotopic (exact) mass is 412 g/mol. The Hall–Kier alpha value is -2.38. The van der Waals surface area contributed by atoms with Crippen LogP contribution in [0.25, 0.3) is 0 Å². The summed E-state index contributed by atoms with van der Waals surface area (Å²) in [5.74, 6) is 0.905. The molecular formula is C21H24N4OS2. The number of aromatic nitrogens is 3. The highest BCUT2D eigenvalue weighted by molar-refractivity contribution is 8.00. The molecule has 1 N–H and O–H groups in total. The van der Waals surface area contributed by atoms with Crippen LogP contribution in [0.4, 0.5) is 0 Å². The summed E-state index contributed by atoms with van der Waals surface area (Å²) in [5.41, 5.74) is 1.27. The fourth-order valence-corrected chi connectivity index (χ4v) is 4.36. The standard InChI is InChI=1S/C21H24N4OS2/c1-3-12-22-20(26)16(2)28-21-24-23-19(15-18-10-7-14-27-18)25(21)13-11-17-8-5-4-6-9-17/h3-10,14,16H,1,11-13,15H2,2H3,(H,22,26). The minimum atomic E-state index is -0.255. The summed E-state index contributed by atoms with van der Waals surface area (Å²) in [6, 6.07) is 14.5. The van der Waals surface area contributed by atoms with E-state index in [1.54, 1.807) is 17.4 Å². The average Bonchev–Trinajstić information content (AvgIpc) is 3.36. The molecule has 2 heterocycles. The van der Waals surface area contributed by atoms with Crippen LogP contribution in [0.5, 0.6) is 0 Å². The Morgan fingerprint density at radius 1 is 1.29 bits per heavy atom. The molecule has 28 heavy (non-hydrogen) atoms. The fraction of sp³-hybridized carbons (Fsp3) is 0.286. The van der Waals surface area contributed by atoms with Gasteiger partial charge >= 0.3 is 0 Å². The van der Waals surface area contributed by atoms with Crippen molar-refractivity contribution in [3.63, 3.8) is 0 Å². The van der Waals surface area contributed by atoms with Gasteiger partial charge in [0, 0.05) is 24.4 Å². The molecule has 1 atom stereocenters. The van der Waals surface area contributed by atoms with E-state index in [9.17, 15) is 4.79 Å². The molecule has 1 unspecified atom stereocenters. The van der Waals surface area contributed by atoms with Crippen molar-refractivity contribution in [3.8, 4) is 0 Å². The molecule has 1 amide bonds. The van der Waals surface area contributed by atoms with E-state index in [0.29, 0.717) is 6.54 Å². The van der Waals surface area contributed by atoms with Gasteiger partial charge in [-0.15, -0.1) is 28.1 Å². The Bertz CT molecular complexity index is 891. The van der Waals surface area contributed by atoms with Gasteiger partial charge in [0.05, 0.1) is 5.25 Å². The van der Waals surface area contributed by atoms with Gasteiger partial charge in [-0.25, -0.2) is 0 Å². The molecule has 3 aromatic rings. The van der Waals surface area contributed by atoms with E-state index in [0.717, 1.165) is 30.4 Å². The minimum absolute atomic E-state index is 0.0256. The van der Waals surface area contributed by atoms with E-state index >= 15 is 0 Å². The molecule has 0 fully saturated rings. The number of hydrogen-bond acceptors (Lipinski definition) is 5. The lowest BCUT2D eigenvalue weighted by Crippen LogP contribution is -2.31. The Labute approximate surface area is 173 Å². The number of carbonyl (C=O) groups excluding carboxylic acids is 1. The summed E-state index contributed by atoms with van der Waals surface area (Å²) in [6.45, 7) is 6.77. The summed E-state index contributed by atoms with van der Waals surface area (Å²) in [7, 11) is 0. The quantitative estimate of drug-likeness (QED) is 0.405. The predicted molar refractivity (Wildman–Crippen MR) is 116 cm³/mol. The molecule has 0 saturated heterocycles. The molecule has 2 aromatic heterocycles. The fourth-order valence-electron chi connectivity index (χ4n) is 2.74. The van der Waals surface area contributed by atoms with E-state index in [-0.39, 0.29) is 11.2 Å². The zero-order chi connectivity index (χ0) is 19.8. The largest absolute Gasteiger partial charge is 0.352 e. The third-order valence-electron chi connectivity index (χ3n) is 4.24. The van der Waals surface area contributed by atoms with E-state index < -0.39 is 0 Å². The zero-order valence-electron chi connectivity index (χ0n) is 15.9. The highest BCUT2D eigenvalue weighted by Crippen LogP contribution is 2.24. The Kier molecular flexibility index (Phi) is 7.45. The second kappa shape index (κ2) is 10.2. The highest BCUT2D eigenvalue weighted by Gasteiger charge is 2.20. The van der Waals surface area contributed by atoms with Crippen molar-refractivity contribution in [2.45, 2.75) is 36.7 Å². The number of amides is 1. The molecule has 0 spiro atoms. The van der Waals surface area contributed by atoms with Gasteiger partial charge in [-0.1, -0.05) is 54.2 Å². The van der Waals surface area contributed by atoms with E-state index in [1.807, 2.05) is 19.1 Å². The first-order chi connectivity index (χ1) is 13.7. The van der Waals surface area contributed by atoms with Gasteiger partial charge in [0.15, 0.2) is 5.16 Å². The molecule has 0 aliphatic heterocycles.